The molecule has 0 saturated carbocycles. The van der Waals surface area contributed by atoms with Gasteiger partial charge in [0.25, 0.3) is 0 Å². The fraction of sp³-hybridized carbons (Fsp3) is 0.562. The van der Waals surface area contributed by atoms with E-state index in [2.05, 4.69) is 32.6 Å². The van der Waals surface area contributed by atoms with E-state index >= 15 is 0 Å². The Bertz CT molecular complexity index is 435. The Morgan fingerprint density at radius 2 is 1.89 bits per heavy atom. The summed E-state index contributed by atoms with van der Waals surface area (Å²) in [5.41, 5.74) is 0.800. The Balaban J connectivity index is 2.80. The smallest absolute Gasteiger partial charge is 0.180 e. The van der Waals surface area contributed by atoms with Crippen LogP contribution >= 0.6 is 0 Å². The lowest BCUT2D eigenvalue weighted by molar-refractivity contribution is 0.0851. The minimum absolute atomic E-state index is 0.0936. The van der Waals surface area contributed by atoms with Crippen molar-refractivity contribution in [3.8, 4) is 5.75 Å². The van der Waals surface area contributed by atoms with Crippen molar-refractivity contribution in [1.82, 2.24) is 4.90 Å². The summed E-state index contributed by atoms with van der Waals surface area (Å²) in [5, 5.41) is 0. The van der Waals surface area contributed by atoms with Crippen molar-refractivity contribution < 1.29 is 9.53 Å². The standard InChI is InChI=1S/C16H25NO2/c1-12(16(2,3)4)17(5)11-14(18)13-9-7-8-10-15(13)19-6/h7-10,12H,11H2,1-6H3. The molecule has 0 aliphatic rings. The van der Waals surface area contributed by atoms with Crippen LogP contribution in [0.15, 0.2) is 24.3 Å². The monoisotopic (exact) mass is 263 g/mol. The van der Waals surface area contributed by atoms with Crippen LogP contribution in [0.5, 0.6) is 5.75 Å². The molecule has 0 N–H and O–H groups in total. The highest BCUT2D eigenvalue weighted by Gasteiger charge is 2.25. The van der Waals surface area contributed by atoms with Gasteiger partial charge in [-0.15, -0.1) is 0 Å². The van der Waals surface area contributed by atoms with Gasteiger partial charge in [0.1, 0.15) is 5.75 Å². The molecule has 0 fully saturated rings. The van der Waals surface area contributed by atoms with Crippen LogP contribution in [0, 0.1) is 5.41 Å². The topological polar surface area (TPSA) is 29.5 Å². The summed E-state index contributed by atoms with van der Waals surface area (Å²) in [6.07, 6.45) is 0. The minimum atomic E-state index is 0.0936. The van der Waals surface area contributed by atoms with Crippen molar-refractivity contribution in [1.29, 1.82) is 0 Å². The zero-order chi connectivity index (χ0) is 14.6. The molecule has 1 aromatic rings. The SMILES string of the molecule is COc1ccccc1C(=O)CN(C)C(C)C(C)(C)C. The summed E-state index contributed by atoms with van der Waals surface area (Å²) >= 11 is 0. The van der Waals surface area contributed by atoms with Crippen molar-refractivity contribution in [2.24, 2.45) is 5.41 Å². The van der Waals surface area contributed by atoms with Gasteiger partial charge in [0.15, 0.2) is 5.78 Å². The third-order valence-corrected chi connectivity index (χ3v) is 3.71. The van der Waals surface area contributed by atoms with Gasteiger partial charge in [-0.2, -0.15) is 0 Å². The number of carbonyl (C=O) groups excluding carboxylic acids is 1. The summed E-state index contributed by atoms with van der Waals surface area (Å²) in [6.45, 7) is 9.10. The number of benzene rings is 1. The predicted octanol–water partition coefficient (Wildman–Crippen LogP) is 3.24. The van der Waals surface area contributed by atoms with Gasteiger partial charge >= 0.3 is 0 Å². The van der Waals surface area contributed by atoms with E-state index in [0.29, 0.717) is 23.9 Å². The van der Waals surface area contributed by atoms with E-state index in [1.165, 1.54) is 0 Å². The maximum absolute atomic E-state index is 12.3. The first-order valence-corrected chi connectivity index (χ1v) is 6.64. The van der Waals surface area contributed by atoms with Gasteiger partial charge in [0, 0.05) is 6.04 Å². The molecule has 0 bridgehead atoms. The predicted molar refractivity (Wildman–Crippen MR) is 78.9 cm³/mol. The molecule has 0 amide bonds. The largest absolute Gasteiger partial charge is 0.496 e. The van der Waals surface area contributed by atoms with Crippen LogP contribution < -0.4 is 4.74 Å². The number of likely N-dealkylation sites (N-methyl/N-ethyl adjacent to an activating group) is 1. The summed E-state index contributed by atoms with van der Waals surface area (Å²) in [6, 6.07) is 7.70. The summed E-state index contributed by atoms with van der Waals surface area (Å²) in [5.74, 6) is 0.736. The summed E-state index contributed by atoms with van der Waals surface area (Å²) < 4.78 is 5.24. The van der Waals surface area contributed by atoms with Crippen molar-refractivity contribution in [2.45, 2.75) is 33.7 Å². The first kappa shape index (κ1) is 15.7. The molecule has 1 rings (SSSR count). The number of nitrogens with zero attached hydrogens (tertiary/aromatic N) is 1. The summed E-state index contributed by atoms with van der Waals surface area (Å²) in [4.78, 5) is 14.4. The molecule has 0 radical (unpaired) electrons. The van der Waals surface area contributed by atoms with E-state index in [4.69, 9.17) is 4.74 Å². The molecule has 0 aliphatic carbocycles. The average molecular weight is 263 g/mol. The average Bonchev–Trinajstić information content (AvgIpc) is 2.36. The Kier molecular flexibility index (Phi) is 5.12. The van der Waals surface area contributed by atoms with Crippen LogP contribution in [0.1, 0.15) is 38.1 Å². The molecule has 3 nitrogen and oxygen atoms in total. The van der Waals surface area contributed by atoms with Crippen LogP contribution in [-0.4, -0.2) is 37.4 Å². The number of para-hydroxylation sites is 1. The Hall–Kier alpha value is -1.35. The molecule has 0 heterocycles. The highest BCUT2D eigenvalue weighted by molar-refractivity contribution is 6.00. The van der Waals surface area contributed by atoms with Crippen LogP contribution in [0.4, 0.5) is 0 Å². The lowest BCUT2D eigenvalue weighted by Gasteiger charge is -2.35. The number of ether oxygens (including phenoxy) is 1. The Morgan fingerprint density at radius 1 is 1.32 bits per heavy atom. The van der Waals surface area contributed by atoms with Gasteiger partial charge in [0.2, 0.25) is 0 Å². The number of methoxy groups -OCH3 is 1. The zero-order valence-electron chi connectivity index (χ0n) is 12.9. The normalized spacial score (nSPS) is 13.4. The maximum atomic E-state index is 12.3. The number of Topliss-reactive ketones (excluding diaryl/α,β-unsaturated/α-hetero) is 1. The van der Waals surface area contributed by atoms with Crippen LogP contribution in [0.2, 0.25) is 0 Å². The fourth-order valence-electron chi connectivity index (χ4n) is 1.98. The number of hydrogen-bond donors (Lipinski definition) is 0. The van der Waals surface area contributed by atoms with Gasteiger partial charge in [-0.1, -0.05) is 32.9 Å². The van der Waals surface area contributed by atoms with E-state index in [-0.39, 0.29) is 11.2 Å². The second-order valence-electron chi connectivity index (χ2n) is 6.08. The third-order valence-electron chi connectivity index (χ3n) is 3.71. The van der Waals surface area contributed by atoms with Crippen molar-refractivity contribution in [3.63, 3.8) is 0 Å². The summed E-state index contributed by atoms with van der Waals surface area (Å²) in [7, 11) is 3.58. The van der Waals surface area contributed by atoms with Gasteiger partial charge < -0.3 is 4.74 Å². The second kappa shape index (κ2) is 6.20. The lowest BCUT2D eigenvalue weighted by Crippen LogP contribution is -2.42. The van der Waals surface area contributed by atoms with E-state index in [0.717, 1.165) is 0 Å². The molecule has 0 aliphatic heterocycles. The fourth-order valence-corrected chi connectivity index (χ4v) is 1.98. The second-order valence-corrected chi connectivity index (χ2v) is 6.08. The van der Waals surface area contributed by atoms with Gasteiger partial charge in [0.05, 0.1) is 19.2 Å². The number of carbonyl (C=O) groups is 1. The van der Waals surface area contributed by atoms with Crippen LogP contribution in [-0.2, 0) is 0 Å². The first-order chi connectivity index (χ1) is 8.77. The Labute approximate surface area is 116 Å². The number of rotatable bonds is 5. The molecule has 3 heteroatoms. The third kappa shape index (κ3) is 4.06. The van der Waals surface area contributed by atoms with Crippen molar-refractivity contribution >= 4 is 5.78 Å². The zero-order valence-corrected chi connectivity index (χ0v) is 12.9. The maximum Gasteiger partial charge on any atom is 0.180 e. The van der Waals surface area contributed by atoms with Crippen LogP contribution in [0.3, 0.4) is 0 Å². The highest BCUT2D eigenvalue weighted by Crippen LogP contribution is 2.24. The number of hydrogen-bond acceptors (Lipinski definition) is 3. The molecule has 0 aromatic heterocycles. The molecule has 1 unspecified atom stereocenters. The molecule has 0 saturated heterocycles. The molecule has 19 heavy (non-hydrogen) atoms. The van der Waals surface area contributed by atoms with Gasteiger partial charge in [-0.05, 0) is 31.5 Å². The molecule has 106 valence electrons. The highest BCUT2D eigenvalue weighted by atomic mass is 16.5. The van der Waals surface area contributed by atoms with E-state index in [1.807, 2.05) is 31.3 Å². The van der Waals surface area contributed by atoms with Gasteiger partial charge in [-0.25, -0.2) is 0 Å². The molecule has 1 atom stereocenters. The van der Waals surface area contributed by atoms with Gasteiger partial charge in [-0.3, -0.25) is 9.69 Å². The number of ketones is 1. The molecular weight excluding hydrogens is 238 g/mol. The van der Waals surface area contributed by atoms with Crippen molar-refractivity contribution in [2.75, 3.05) is 20.7 Å². The first-order valence-electron chi connectivity index (χ1n) is 6.64. The van der Waals surface area contributed by atoms with E-state index in [1.54, 1.807) is 7.11 Å². The molecule has 0 spiro atoms. The lowest BCUT2D eigenvalue weighted by atomic mass is 9.87. The van der Waals surface area contributed by atoms with Crippen LogP contribution in [0.25, 0.3) is 0 Å². The quantitative estimate of drug-likeness (QED) is 0.764. The van der Waals surface area contributed by atoms with E-state index in [9.17, 15) is 4.79 Å². The molecular formula is C16H25NO2. The van der Waals surface area contributed by atoms with Crippen molar-refractivity contribution in [3.05, 3.63) is 29.8 Å². The minimum Gasteiger partial charge on any atom is -0.496 e. The Morgan fingerprint density at radius 3 is 2.42 bits per heavy atom. The molecule has 1 aromatic carbocycles. The van der Waals surface area contributed by atoms with E-state index < -0.39 is 0 Å².